The fourth-order valence-electron chi connectivity index (χ4n) is 4.03. The smallest absolute Gasteiger partial charge is 0.263 e. The number of nitrogens with one attached hydrogen (secondary N) is 1. The first-order chi connectivity index (χ1) is 16.9. The van der Waals surface area contributed by atoms with Gasteiger partial charge in [-0.05, 0) is 49.1 Å². The Labute approximate surface area is 208 Å². The molecule has 0 saturated heterocycles. The Balaban J connectivity index is 1.53. The van der Waals surface area contributed by atoms with E-state index in [1.807, 2.05) is 62.4 Å². The quantitative estimate of drug-likeness (QED) is 0.382. The first-order valence-corrected chi connectivity index (χ1v) is 12.2. The zero-order valence-electron chi connectivity index (χ0n) is 20.4. The lowest BCUT2D eigenvalue weighted by molar-refractivity contribution is -0.121. The van der Waals surface area contributed by atoms with E-state index in [1.54, 1.807) is 14.2 Å². The zero-order chi connectivity index (χ0) is 24.9. The van der Waals surface area contributed by atoms with Crippen LogP contribution < -0.4 is 20.3 Å². The molecule has 4 rings (SSSR count). The molecule has 182 valence electrons. The van der Waals surface area contributed by atoms with Crippen LogP contribution in [0.4, 0.5) is 0 Å². The van der Waals surface area contributed by atoms with Crippen molar-refractivity contribution in [2.75, 3.05) is 20.8 Å². The maximum Gasteiger partial charge on any atom is 0.263 e. The molecular weight excluding hydrogens is 462 g/mol. The van der Waals surface area contributed by atoms with Gasteiger partial charge in [0.25, 0.3) is 5.56 Å². The maximum absolute atomic E-state index is 13.5. The SMILES string of the molecule is COc1ccc(CCNC(=O)Cn2c(Cc3ccccc3)nc3sc(C)c(C)c3c2=O)cc1OC. The van der Waals surface area contributed by atoms with Gasteiger partial charge < -0.3 is 14.8 Å². The molecule has 1 amide bonds. The second-order valence-corrected chi connectivity index (χ2v) is 9.54. The third kappa shape index (κ3) is 5.38. The van der Waals surface area contributed by atoms with E-state index in [4.69, 9.17) is 14.5 Å². The first-order valence-electron chi connectivity index (χ1n) is 11.4. The van der Waals surface area contributed by atoms with Crippen LogP contribution in [-0.2, 0) is 24.2 Å². The number of nitrogens with zero attached hydrogens (tertiary/aromatic N) is 2. The lowest BCUT2D eigenvalue weighted by atomic mass is 10.1. The summed E-state index contributed by atoms with van der Waals surface area (Å²) in [5.74, 6) is 1.67. The van der Waals surface area contributed by atoms with Gasteiger partial charge in [-0.3, -0.25) is 14.2 Å². The topological polar surface area (TPSA) is 82.5 Å². The van der Waals surface area contributed by atoms with E-state index in [2.05, 4.69) is 5.32 Å². The summed E-state index contributed by atoms with van der Waals surface area (Å²) in [5, 5.41) is 3.54. The third-order valence-corrected chi connectivity index (χ3v) is 7.16. The van der Waals surface area contributed by atoms with Gasteiger partial charge in [-0.1, -0.05) is 36.4 Å². The lowest BCUT2D eigenvalue weighted by Crippen LogP contribution is -2.35. The number of ether oxygens (including phenoxy) is 2. The molecule has 0 fully saturated rings. The monoisotopic (exact) mass is 491 g/mol. The van der Waals surface area contributed by atoms with E-state index in [9.17, 15) is 9.59 Å². The Morgan fingerprint density at radius 2 is 1.77 bits per heavy atom. The molecule has 7 nitrogen and oxygen atoms in total. The van der Waals surface area contributed by atoms with Crippen molar-refractivity contribution in [1.29, 1.82) is 0 Å². The van der Waals surface area contributed by atoms with E-state index >= 15 is 0 Å². The minimum atomic E-state index is -0.229. The number of benzene rings is 2. The molecule has 2 aromatic carbocycles. The summed E-state index contributed by atoms with van der Waals surface area (Å²) in [4.78, 5) is 32.9. The Hall–Kier alpha value is -3.65. The van der Waals surface area contributed by atoms with Crippen molar-refractivity contribution in [2.24, 2.45) is 0 Å². The molecule has 0 bridgehead atoms. The third-order valence-electron chi connectivity index (χ3n) is 6.06. The molecule has 4 aromatic rings. The molecule has 35 heavy (non-hydrogen) atoms. The Morgan fingerprint density at radius 1 is 1.03 bits per heavy atom. The van der Waals surface area contributed by atoms with Gasteiger partial charge >= 0.3 is 0 Å². The summed E-state index contributed by atoms with van der Waals surface area (Å²) >= 11 is 1.52. The van der Waals surface area contributed by atoms with E-state index in [1.165, 1.54) is 15.9 Å². The van der Waals surface area contributed by atoms with Crippen LogP contribution in [0.15, 0.2) is 53.3 Å². The van der Waals surface area contributed by atoms with Gasteiger partial charge in [-0.15, -0.1) is 11.3 Å². The predicted octanol–water partition coefficient (Wildman–Crippen LogP) is 4.04. The highest BCUT2D eigenvalue weighted by Crippen LogP contribution is 2.28. The summed E-state index contributed by atoms with van der Waals surface area (Å²) in [7, 11) is 3.19. The minimum absolute atomic E-state index is 0.0792. The average Bonchev–Trinajstić information content (AvgIpc) is 3.15. The number of aromatic nitrogens is 2. The van der Waals surface area contributed by atoms with Crippen molar-refractivity contribution in [3.63, 3.8) is 0 Å². The van der Waals surface area contributed by atoms with Crippen LogP contribution in [0.5, 0.6) is 11.5 Å². The van der Waals surface area contributed by atoms with Crippen molar-refractivity contribution >= 4 is 27.5 Å². The number of carbonyl (C=O) groups is 1. The van der Waals surface area contributed by atoms with E-state index in [-0.39, 0.29) is 18.0 Å². The highest BCUT2D eigenvalue weighted by Gasteiger charge is 2.18. The number of amides is 1. The van der Waals surface area contributed by atoms with E-state index in [0.29, 0.717) is 42.1 Å². The van der Waals surface area contributed by atoms with Crippen molar-refractivity contribution in [3.05, 3.63) is 86.3 Å². The van der Waals surface area contributed by atoms with Crippen molar-refractivity contribution in [2.45, 2.75) is 33.2 Å². The van der Waals surface area contributed by atoms with Crippen molar-refractivity contribution in [3.8, 4) is 11.5 Å². The molecule has 0 aliphatic rings. The zero-order valence-corrected chi connectivity index (χ0v) is 21.2. The van der Waals surface area contributed by atoms with Crippen LogP contribution >= 0.6 is 11.3 Å². The van der Waals surface area contributed by atoms with Gasteiger partial charge in [-0.25, -0.2) is 4.98 Å². The highest BCUT2D eigenvalue weighted by atomic mass is 32.1. The van der Waals surface area contributed by atoms with Crippen LogP contribution in [0.1, 0.15) is 27.4 Å². The van der Waals surface area contributed by atoms with Gasteiger partial charge in [0.15, 0.2) is 11.5 Å². The Bertz CT molecular complexity index is 1410. The van der Waals surface area contributed by atoms with Gasteiger partial charge in [0.2, 0.25) is 5.91 Å². The average molecular weight is 492 g/mol. The van der Waals surface area contributed by atoms with E-state index < -0.39 is 0 Å². The summed E-state index contributed by atoms with van der Waals surface area (Å²) in [5.41, 5.74) is 2.80. The molecule has 0 saturated carbocycles. The molecular formula is C27H29N3O4S. The summed E-state index contributed by atoms with van der Waals surface area (Å²) < 4.78 is 12.1. The summed E-state index contributed by atoms with van der Waals surface area (Å²) in [6, 6.07) is 15.5. The van der Waals surface area contributed by atoms with Crippen LogP contribution in [0.3, 0.4) is 0 Å². The molecule has 0 unspecified atom stereocenters. The van der Waals surface area contributed by atoms with E-state index in [0.717, 1.165) is 26.4 Å². The maximum atomic E-state index is 13.5. The molecule has 0 spiro atoms. The molecule has 0 aliphatic heterocycles. The fourth-order valence-corrected chi connectivity index (χ4v) is 5.07. The van der Waals surface area contributed by atoms with Crippen LogP contribution in [-0.4, -0.2) is 36.2 Å². The lowest BCUT2D eigenvalue weighted by Gasteiger charge is -2.13. The number of hydrogen-bond donors (Lipinski definition) is 1. The molecule has 2 aromatic heterocycles. The number of fused-ring (bicyclic) bond motifs is 1. The number of hydrogen-bond acceptors (Lipinski definition) is 6. The number of rotatable bonds is 9. The molecule has 0 radical (unpaired) electrons. The number of carbonyl (C=O) groups excluding carboxylic acids is 1. The van der Waals surface area contributed by atoms with Crippen LogP contribution in [0, 0.1) is 13.8 Å². The fraction of sp³-hybridized carbons (Fsp3) is 0.296. The number of thiophene rings is 1. The predicted molar refractivity (Wildman–Crippen MR) is 139 cm³/mol. The van der Waals surface area contributed by atoms with Gasteiger partial charge in [-0.2, -0.15) is 0 Å². The Kier molecular flexibility index (Phi) is 7.51. The second kappa shape index (κ2) is 10.7. The van der Waals surface area contributed by atoms with Gasteiger partial charge in [0.1, 0.15) is 17.2 Å². The largest absolute Gasteiger partial charge is 0.493 e. The second-order valence-electron chi connectivity index (χ2n) is 8.33. The molecule has 1 N–H and O–H groups in total. The first kappa shape index (κ1) is 24.5. The molecule has 0 atom stereocenters. The van der Waals surface area contributed by atoms with Crippen LogP contribution in [0.25, 0.3) is 10.2 Å². The highest BCUT2D eigenvalue weighted by molar-refractivity contribution is 7.18. The van der Waals surface area contributed by atoms with Crippen LogP contribution in [0.2, 0.25) is 0 Å². The molecule has 8 heteroatoms. The Morgan fingerprint density at radius 3 is 2.49 bits per heavy atom. The number of methoxy groups -OCH3 is 2. The minimum Gasteiger partial charge on any atom is -0.493 e. The number of aryl methyl sites for hydroxylation is 2. The molecule has 0 aliphatic carbocycles. The molecule has 2 heterocycles. The standard InChI is InChI=1S/C27H29N3O4S/c1-17-18(2)35-26-25(17)27(32)30(23(29-26)15-19-8-6-5-7-9-19)16-24(31)28-13-12-20-10-11-21(33-3)22(14-20)34-4/h5-11,14H,12-13,15-16H2,1-4H3,(H,28,31). The van der Waals surface area contributed by atoms with Crippen molar-refractivity contribution < 1.29 is 14.3 Å². The van der Waals surface area contributed by atoms with Gasteiger partial charge in [0.05, 0.1) is 19.6 Å². The summed E-state index contributed by atoms with van der Waals surface area (Å²) in [6.07, 6.45) is 1.10. The van der Waals surface area contributed by atoms with Gasteiger partial charge in [0, 0.05) is 17.8 Å². The summed E-state index contributed by atoms with van der Waals surface area (Å²) in [6.45, 7) is 4.28. The normalized spacial score (nSPS) is 11.0. The van der Waals surface area contributed by atoms with Crippen molar-refractivity contribution in [1.82, 2.24) is 14.9 Å².